The minimum atomic E-state index is -0.422. The normalized spacial score (nSPS) is 14.9. The zero-order chi connectivity index (χ0) is 25.1. The molecule has 1 N–H and O–H groups in total. The average molecular weight is 521 g/mol. The highest BCUT2D eigenvalue weighted by Crippen LogP contribution is 2.40. The molecular weight excluding hydrogens is 495 g/mol. The van der Waals surface area contributed by atoms with Crippen molar-refractivity contribution in [3.63, 3.8) is 0 Å². The van der Waals surface area contributed by atoms with Crippen LogP contribution in [-0.4, -0.2) is 29.1 Å². The Morgan fingerprint density at radius 2 is 1.75 bits per heavy atom. The number of aromatic nitrogens is 1. The fraction of sp³-hybridized carbons (Fsp3) is 0.207. The van der Waals surface area contributed by atoms with Crippen molar-refractivity contribution in [3.05, 3.63) is 106 Å². The van der Waals surface area contributed by atoms with E-state index in [2.05, 4.69) is 11.6 Å². The summed E-state index contributed by atoms with van der Waals surface area (Å²) in [7, 11) is 0. The van der Waals surface area contributed by atoms with Crippen LogP contribution in [0.1, 0.15) is 35.7 Å². The lowest BCUT2D eigenvalue weighted by Gasteiger charge is -2.35. The summed E-state index contributed by atoms with van der Waals surface area (Å²) >= 11 is 12.3. The minimum absolute atomic E-state index is 0.352. The Balaban J connectivity index is 1.48. The first-order valence-corrected chi connectivity index (χ1v) is 12.7. The van der Waals surface area contributed by atoms with E-state index in [-0.39, 0.29) is 6.04 Å². The van der Waals surface area contributed by atoms with Crippen molar-refractivity contribution in [1.29, 1.82) is 0 Å². The van der Waals surface area contributed by atoms with Crippen LogP contribution in [0.15, 0.2) is 79.4 Å². The SMILES string of the molecule is C=CCCCOc1ccc([C@H]2c3[nH]c4ccc(Cl)cc4c3CCN2C(=O)Oc2ccc(Cl)cc2)cc1. The second kappa shape index (κ2) is 10.7. The maximum absolute atomic E-state index is 13.4. The predicted octanol–water partition coefficient (Wildman–Crippen LogP) is 7.97. The number of aromatic amines is 1. The van der Waals surface area contributed by atoms with Crippen molar-refractivity contribution in [1.82, 2.24) is 9.88 Å². The van der Waals surface area contributed by atoms with Crippen LogP contribution in [-0.2, 0) is 6.42 Å². The average Bonchev–Trinajstić information content (AvgIpc) is 3.25. The lowest BCUT2D eigenvalue weighted by Crippen LogP contribution is -2.42. The number of allylic oxidation sites excluding steroid dienone is 1. The molecule has 36 heavy (non-hydrogen) atoms. The molecule has 0 fully saturated rings. The number of hydrogen-bond donors (Lipinski definition) is 1. The van der Waals surface area contributed by atoms with Crippen LogP contribution in [0.3, 0.4) is 0 Å². The number of nitrogens with one attached hydrogen (secondary N) is 1. The van der Waals surface area contributed by atoms with Crippen LogP contribution in [0.25, 0.3) is 10.9 Å². The number of amides is 1. The molecule has 5 nitrogen and oxygen atoms in total. The third-order valence-corrected chi connectivity index (χ3v) is 6.85. The molecule has 0 bridgehead atoms. The summed E-state index contributed by atoms with van der Waals surface area (Å²) in [5, 5.41) is 2.35. The Hall–Kier alpha value is -3.41. The third kappa shape index (κ3) is 5.08. The Bertz CT molecular complexity index is 1380. The first-order valence-electron chi connectivity index (χ1n) is 11.9. The zero-order valence-electron chi connectivity index (χ0n) is 19.7. The van der Waals surface area contributed by atoms with E-state index in [1.165, 1.54) is 0 Å². The van der Waals surface area contributed by atoms with E-state index in [0.717, 1.165) is 46.3 Å². The fourth-order valence-electron chi connectivity index (χ4n) is 4.63. The molecule has 7 heteroatoms. The number of fused-ring (bicyclic) bond motifs is 3. The van der Waals surface area contributed by atoms with Crippen molar-refractivity contribution in [2.24, 2.45) is 0 Å². The van der Waals surface area contributed by atoms with Gasteiger partial charge in [0.1, 0.15) is 17.5 Å². The molecule has 184 valence electrons. The van der Waals surface area contributed by atoms with Gasteiger partial charge in [0.2, 0.25) is 0 Å². The summed E-state index contributed by atoms with van der Waals surface area (Å²) in [5.41, 5.74) is 4.08. The van der Waals surface area contributed by atoms with Crippen LogP contribution >= 0.6 is 23.2 Å². The third-order valence-electron chi connectivity index (χ3n) is 6.36. The van der Waals surface area contributed by atoms with Crippen molar-refractivity contribution >= 4 is 40.2 Å². The van der Waals surface area contributed by atoms with Gasteiger partial charge in [0.05, 0.1) is 6.61 Å². The van der Waals surface area contributed by atoms with Gasteiger partial charge in [-0.1, -0.05) is 41.4 Å². The molecule has 0 radical (unpaired) electrons. The van der Waals surface area contributed by atoms with Gasteiger partial charge >= 0.3 is 6.09 Å². The lowest BCUT2D eigenvalue weighted by molar-refractivity contribution is 0.135. The summed E-state index contributed by atoms with van der Waals surface area (Å²) in [5.74, 6) is 1.23. The molecule has 1 aromatic heterocycles. The van der Waals surface area contributed by atoms with Crippen LogP contribution in [0.5, 0.6) is 11.5 Å². The Kier molecular flexibility index (Phi) is 7.21. The van der Waals surface area contributed by atoms with Gasteiger partial charge in [-0.25, -0.2) is 4.79 Å². The van der Waals surface area contributed by atoms with Crippen molar-refractivity contribution in [2.75, 3.05) is 13.2 Å². The quantitative estimate of drug-likeness (QED) is 0.198. The summed E-state index contributed by atoms with van der Waals surface area (Å²) < 4.78 is 11.6. The molecule has 5 rings (SSSR count). The molecule has 1 aliphatic rings. The smallest absolute Gasteiger partial charge is 0.416 e. The molecule has 0 saturated heterocycles. The second-order valence-corrected chi connectivity index (χ2v) is 9.60. The van der Waals surface area contributed by atoms with Crippen molar-refractivity contribution in [3.8, 4) is 11.5 Å². The summed E-state index contributed by atoms with van der Waals surface area (Å²) in [6, 6.07) is 20.1. The van der Waals surface area contributed by atoms with Gasteiger partial charge < -0.3 is 14.5 Å². The molecule has 0 unspecified atom stereocenters. The van der Waals surface area contributed by atoms with Crippen LogP contribution in [0.2, 0.25) is 10.0 Å². The number of hydrogen-bond acceptors (Lipinski definition) is 3. The first kappa shape index (κ1) is 24.3. The second-order valence-electron chi connectivity index (χ2n) is 8.72. The maximum Gasteiger partial charge on any atom is 0.416 e. The van der Waals surface area contributed by atoms with Crippen LogP contribution in [0.4, 0.5) is 4.79 Å². The van der Waals surface area contributed by atoms with E-state index in [1.807, 2.05) is 48.5 Å². The van der Waals surface area contributed by atoms with E-state index in [0.29, 0.717) is 35.4 Å². The number of ether oxygens (including phenoxy) is 2. The van der Waals surface area contributed by atoms with Gasteiger partial charge in [-0.2, -0.15) is 0 Å². The Morgan fingerprint density at radius 1 is 1.03 bits per heavy atom. The fourth-order valence-corrected chi connectivity index (χ4v) is 4.93. The number of unbranched alkanes of at least 4 members (excludes halogenated alkanes) is 1. The minimum Gasteiger partial charge on any atom is -0.494 e. The largest absolute Gasteiger partial charge is 0.494 e. The molecule has 1 aliphatic heterocycles. The number of H-pyrrole nitrogens is 1. The monoisotopic (exact) mass is 520 g/mol. The van der Waals surface area contributed by atoms with E-state index >= 15 is 0 Å². The highest BCUT2D eigenvalue weighted by molar-refractivity contribution is 6.31. The van der Waals surface area contributed by atoms with Crippen LogP contribution in [0, 0.1) is 0 Å². The number of carbonyl (C=O) groups is 1. The topological polar surface area (TPSA) is 54.6 Å². The first-order chi connectivity index (χ1) is 17.5. The van der Waals surface area contributed by atoms with Gasteiger partial charge in [0, 0.05) is 33.2 Å². The summed E-state index contributed by atoms with van der Waals surface area (Å²) in [4.78, 5) is 18.7. The molecule has 1 amide bonds. The van der Waals surface area contributed by atoms with E-state index in [9.17, 15) is 4.79 Å². The number of rotatable bonds is 7. The number of benzene rings is 3. The molecule has 0 aliphatic carbocycles. The van der Waals surface area contributed by atoms with E-state index in [1.54, 1.807) is 29.2 Å². The lowest BCUT2D eigenvalue weighted by atomic mass is 9.92. The highest BCUT2D eigenvalue weighted by atomic mass is 35.5. The van der Waals surface area contributed by atoms with E-state index in [4.69, 9.17) is 32.7 Å². The van der Waals surface area contributed by atoms with Crippen LogP contribution < -0.4 is 9.47 Å². The highest BCUT2D eigenvalue weighted by Gasteiger charge is 2.35. The van der Waals surface area contributed by atoms with Gasteiger partial charge in [0.25, 0.3) is 0 Å². The number of carbonyl (C=O) groups excluding carboxylic acids is 1. The number of nitrogens with zero attached hydrogens (tertiary/aromatic N) is 1. The molecule has 1 atom stereocenters. The van der Waals surface area contributed by atoms with Gasteiger partial charge in [0.15, 0.2) is 0 Å². The zero-order valence-corrected chi connectivity index (χ0v) is 21.2. The molecule has 4 aromatic rings. The summed E-state index contributed by atoms with van der Waals surface area (Å²) in [6.07, 6.45) is 3.98. The molecule has 2 heterocycles. The Morgan fingerprint density at radius 3 is 2.50 bits per heavy atom. The van der Waals surface area contributed by atoms with Crippen molar-refractivity contribution in [2.45, 2.75) is 25.3 Å². The predicted molar refractivity (Wildman–Crippen MR) is 144 cm³/mol. The maximum atomic E-state index is 13.4. The molecule has 0 spiro atoms. The van der Waals surface area contributed by atoms with Gasteiger partial charge in [-0.15, -0.1) is 6.58 Å². The van der Waals surface area contributed by atoms with Crippen molar-refractivity contribution < 1.29 is 14.3 Å². The number of halogens is 2. The summed E-state index contributed by atoms with van der Waals surface area (Å²) in [6.45, 7) is 4.87. The standard InChI is InChI=1S/C29H26Cl2N2O3/c1-2-3-4-17-35-22-10-5-19(6-11-22)28-27-24(25-18-21(31)9-14-26(25)32-27)15-16-33(28)29(34)36-23-12-7-20(30)8-13-23/h2,5-14,18,28,32H,1,3-4,15-17H2/t28-/m0/s1. The Labute approximate surface area is 220 Å². The van der Waals surface area contributed by atoms with Gasteiger partial charge in [-0.3, -0.25) is 4.90 Å². The molecule has 0 saturated carbocycles. The molecular formula is C29H26Cl2N2O3. The van der Waals surface area contributed by atoms with Gasteiger partial charge in [-0.05, 0) is 85.0 Å². The van der Waals surface area contributed by atoms with E-state index < -0.39 is 6.09 Å². The molecule has 3 aromatic carbocycles.